The van der Waals surface area contributed by atoms with Crippen molar-refractivity contribution in [1.82, 2.24) is 24.8 Å². The van der Waals surface area contributed by atoms with Gasteiger partial charge in [-0.25, -0.2) is 9.97 Å². The summed E-state index contributed by atoms with van der Waals surface area (Å²) in [5, 5.41) is 0.671. The molecular formula is C22H24ClN5O2. The van der Waals surface area contributed by atoms with E-state index in [0.29, 0.717) is 18.2 Å². The molecule has 0 saturated carbocycles. The van der Waals surface area contributed by atoms with Gasteiger partial charge in [-0.1, -0.05) is 23.7 Å². The van der Waals surface area contributed by atoms with Crippen molar-refractivity contribution >= 4 is 11.6 Å². The number of aromatic nitrogens is 4. The first-order chi connectivity index (χ1) is 14.7. The second-order valence-electron chi connectivity index (χ2n) is 7.15. The second-order valence-corrected chi connectivity index (χ2v) is 7.58. The molecule has 3 aromatic rings. The molecule has 1 atom stereocenters. The van der Waals surface area contributed by atoms with E-state index in [2.05, 4.69) is 24.8 Å². The molecule has 8 heteroatoms. The summed E-state index contributed by atoms with van der Waals surface area (Å²) in [6.07, 6.45) is 7.74. The normalized spacial score (nSPS) is 17.2. The molecule has 0 spiro atoms. The lowest BCUT2D eigenvalue weighted by Crippen LogP contribution is -2.38. The van der Waals surface area contributed by atoms with E-state index in [0.717, 1.165) is 54.4 Å². The Labute approximate surface area is 181 Å². The molecule has 1 aliphatic heterocycles. The molecule has 1 aromatic carbocycles. The Bertz CT molecular complexity index is 970. The molecule has 3 heterocycles. The van der Waals surface area contributed by atoms with Crippen molar-refractivity contribution < 1.29 is 9.47 Å². The van der Waals surface area contributed by atoms with Gasteiger partial charge in [0.15, 0.2) is 0 Å². The molecule has 0 amide bonds. The molecule has 0 radical (unpaired) electrons. The molecule has 2 aromatic heterocycles. The second kappa shape index (κ2) is 10.0. The molecule has 7 nitrogen and oxygen atoms in total. The lowest BCUT2D eigenvalue weighted by molar-refractivity contribution is -0.0349. The topological polar surface area (TPSA) is 73.3 Å². The van der Waals surface area contributed by atoms with Gasteiger partial charge in [-0.3, -0.25) is 14.9 Å². The maximum absolute atomic E-state index is 6.18. The molecule has 4 rings (SSSR count). The zero-order valence-electron chi connectivity index (χ0n) is 16.9. The lowest BCUT2D eigenvalue weighted by Gasteiger charge is -2.33. The van der Waals surface area contributed by atoms with Gasteiger partial charge in [-0.05, 0) is 12.1 Å². The summed E-state index contributed by atoms with van der Waals surface area (Å²) in [6.45, 7) is 3.57. The first-order valence-corrected chi connectivity index (χ1v) is 10.3. The van der Waals surface area contributed by atoms with Gasteiger partial charge in [0.05, 0.1) is 24.6 Å². The van der Waals surface area contributed by atoms with Gasteiger partial charge in [0.25, 0.3) is 0 Å². The molecule has 1 saturated heterocycles. The van der Waals surface area contributed by atoms with Gasteiger partial charge in [0, 0.05) is 74.1 Å². The number of ether oxygens (including phenoxy) is 2. The number of nitrogens with zero attached hydrogens (tertiary/aromatic N) is 5. The van der Waals surface area contributed by atoms with Crippen LogP contribution in [0, 0.1) is 0 Å². The average Bonchev–Trinajstić information content (AvgIpc) is 2.79. The first-order valence-electron chi connectivity index (χ1n) is 9.92. The number of halogens is 1. The molecule has 1 aliphatic rings. The van der Waals surface area contributed by atoms with E-state index in [-0.39, 0.29) is 6.10 Å². The van der Waals surface area contributed by atoms with Crippen molar-refractivity contribution in [3.05, 3.63) is 71.2 Å². The number of hydrogen-bond donors (Lipinski definition) is 0. The lowest BCUT2D eigenvalue weighted by atomic mass is 10.1. The Kier molecular flexibility index (Phi) is 6.96. The van der Waals surface area contributed by atoms with Crippen LogP contribution in [0.5, 0.6) is 0 Å². The first kappa shape index (κ1) is 20.8. The maximum atomic E-state index is 6.18. The van der Waals surface area contributed by atoms with E-state index >= 15 is 0 Å². The fourth-order valence-electron chi connectivity index (χ4n) is 3.50. The Morgan fingerprint density at radius 1 is 1.17 bits per heavy atom. The van der Waals surface area contributed by atoms with Crippen LogP contribution in [0.15, 0.2) is 49.1 Å². The van der Waals surface area contributed by atoms with Crippen LogP contribution >= 0.6 is 11.6 Å². The highest BCUT2D eigenvalue weighted by atomic mass is 35.5. The van der Waals surface area contributed by atoms with Crippen molar-refractivity contribution in [3.63, 3.8) is 0 Å². The molecule has 0 bridgehead atoms. The van der Waals surface area contributed by atoms with E-state index in [1.807, 2.05) is 36.7 Å². The van der Waals surface area contributed by atoms with Gasteiger partial charge in [-0.2, -0.15) is 0 Å². The molecule has 0 unspecified atom stereocenters. The van der Waals surface area contributed by atoms with Crippen molar-refractivity contribution in [2.75, 3.05) is 33.4 Å². The summed E-state index contributed by atoms with van der Waals surface area (Å²) in [5.41, 5.74) is 3.64. The van der Waals surface area contributed by atoms with E-state index < -0.39 is 0 Å². The van der Waals surface area contributed by atoms with Crippen LogP contribution in [-0.2, 0) is 22.4 Å². The summed E-state index contributed by atoms with van der Waals surface area (Å²) < 4.78 is 11.1. The zero-order valence-corrected chi connectivity index (χ0v) is 17.6. The molecular weight excluding hydrogens is 402 g/mol. The minimum atomic E-state index is -0.164. The van der Waals surface area contributed by atoms with Crippen LogP contribution in [0.4, 0.5) is 0 Å². The predicted molar refractivity (Wildman–Crippen MR) is 114 cm³/mol. The number of benzene rings is 1. The smallest absolute Gasteiger partial charge is 0.130 e. The Balaban J connectivity index is 1.47. The van der Waals surface area contributed by atoms with Crippen LogP contribution in [0.1, 0.15) is 23.2 Å². The minimum Gasteiger partial charge on any atom is -0.384 e. The molecule has 30 heavy (non-hydrogen) atoms. The monoisotopic (exact) mass is 425 g/mol. The largest absolute Gasteiger partial charge is 0.384 e. The highest BCUT2D eigenvalue weighted by Gasteiger charge is 2.26. The summed E-state index contributed by atoms with van der Waals surface area (Å²) in [6, 6.07) is 7.66. The Hall–Kier alpha value is -2.45. The van der Waals surface area contributed by atoms with Crippen LogP contribution in [0.2, 0.25) is 5.02 Å². The van der Waals surface area contributed by atoms with Gasteiger partial charge in [0.2, 0.25) is 0 Å². The third kappa shape index (κ3) is 5.17. The average molecular weight is 426 g/mol. The summed E-state index contributed by atoms with van der Waals surface area (Å²) in [4.78, 5) is 20.4. The van der Waals surface area contributed by atoms with Gasteiger partial charge >= 0.3 is 0 Å². The zero-order chi connectivity index (χ0) is 20.8. The Morgan fingerprint density at radius 3 is 2.80 bits per heavy atom. The fourth-order valence-corrected chi connectivity index (χ4v) is 3.69. The molecule has 0 N–H and O–H groups in total. The molecule has 156 valence electrons. The third-order valence-electron chi connectivity index (χ3n) is 4.97. The maximum Gasteiger partial charge on any atom is 0.130 e. The highest BCUT2D eigenvalue weighted by molar-refractivity contribution is 6.30. The predicted octanol–water partition coefficient (Wildman–Crippen LogP) is 3.35. The van der Waals surface area contributed by atoms with Crippen LogP contribution in [0.3, 0.4) is 0 Å². The third-order valence-corrected chi connectivity index (χ3v) is 5.21. The van der Waals surface area contributed by atoms with Gasteiger partial charge < -0.3 is 9.47 Å². The molecule has 1 fully saturated rings. The van der Waals surface area contributed by atoms with E-state index in [9.17, 15) is 0 Å². The number of morpholine rings is 1. The number of hydrogen-bond acceptors (Lipinski definition) is 7. The van der Waals surface area contributed by atoms with E-state index in [1.165, 1.54) is 0 Å². The number of methoxy groups -OCH3 is 1. The fraction of sp³-hybridized carbons (Fsp3) is 0.364. The van der Waals surface area contributed by atoms with Crippen LogP contribution in [-0.4, -0.2) is 58.2 Å². The van der Waals surface area contributed by atoms with Gasteiger partial charge in [-0.15, -0.1) is 0 Å². The van der Waals surface area contributed by atoms with Crippen molar-refractivity contribution in [1.29, 1.82) is 0 Å². The summed E-state index contributed by atoms with van der Waals surface area (Å²) >= 11 is 6.18. The SMILES string of the molecule is COCCc1ncc(CN2CCO[C@@H](c3nccnc3-c3cccc(Cl)c3)C2)cn1. The standard InChI is InChI=1S/C22H24ClN5O2/c1-29-9-5-20-26-12-16(13-27-20)14-28-8-10-30-19(15-28)22-21(24-6-7-25-22)17-3-2-4-18(23)11-17/h2-4,6-7,11-13,19H,5,8-10,14-15H2,1H3/t19-/m1/s1. The Morgan fingerprint density at radius 2 is 2.00 bits per heavy atom. The van der Waals surface area contributed by atoms with E-state index in [1.54, 1.807) is 19.5 Å². The van der Waals surface area contributed by atoms with Crippen LogP contribution < -0.4 is 0 Å². The van der Waals surface area contributed by atoms with Crippen molar-refractivity contribution in [3.8, 4) is 11.3 Å². The minimum absolute atomic E-state index is 0.164. The number of rotatable bonds is 7. The van der Waals surface area contributed by atoms with Crippen LogP contribution in [0.25, 0.3) is 11.3 Å². The summed E-state index contributed by atoms with van der Waals surface area (Å²) in [7, 11) is 1.68. The summed E-state index contributed by atoms with van der Waals surface area (Å²) in [5.74, 6) is 0.797. The van der Waals surface area contributed by atoms with E-state index in [4.69, 9.17) is 21.1 Å². The van der Waals surface area contributed by atoms with Gasteiger partial charge in [0.1, 0.15) is 11.9 Å². The van der Waals surface area contributed by atoms with Crippen molar-refractivity contribution in [2.45, 2.75) is 19.1 Å². The molecule has 0 aliphatic carbocycles. The highest BCUT2D eigenvalue weighted by Crippen LogP contribution is 2.30. The quantitative estimate of drug-likeness (QED) is 0.574. The van der Waals surface area contributed by atoms with Crippen molar-refractivity contribution in [2.24, 2.45) is 0 Å².